The van der Waals surface area contributed by atoms with Crippen molar-refractivity contribution < 1.29 is 0 Å². The highest BCUT2D eigenvalue weighted by atomic mass is 35.5. The van der Waals surface area contributed by atoms with Gasteiger partial charge in [-0.15, -0.1) is 5.10 Å². The molecule has 2 aromatic heterocycles. The Bertz CT molecular complexity index is 606. The molecule has 0 spiro atoms. The maximum atomic E-state index is 6.34. The van der Waals surface area contributed by atoms with Gasteiger partial charge in [0.1, 0.15) is 5.15 Å². The molecule has 0 saturated heterocycles. The van der Waals surface area contributed by atoms with Gasteiger partial charge in [-0.25, -0.2) is 9.50 Å². The molecule has 19 heavy (non-hydrogen) atoms. The number of hydrogen-bond donors (Lipinski definition) is 0. The molecule has 2 rings (SSSR count). The number of halogens is 1. The van der Waals surface area contributed by atoms with E-state index in [0.717, 1.165) is 17.9 Å². The van der Waals surface area contributed by atoms with Crippen molar-refractivity contribution in [2.75, 3.05) is 0 Å². The second-order valence-corrected chi connectivity index (χ2v) is 7.15. The van der Waals surface area contributed by atoms with Gasteiger partial charge in [0.15, 0.2) is 11.5 Å². The van der Waals surface area contributed by atoms with Crippen LogP contribution in [0, 0.1) is 0 Å². The summed E-state index contributed by atoms with van der Waals surface area (Å²) in [6.07, 6.45) is 0.994. The van der Waals surface area contributed by atoms with Crippen LogP contribution < -0.4 is 0 Å². The van der Waals surface area contributed by atoms with Crippen LogP contribution in [0.5, 0.6) is 0 Å². The lowest BCUT2D eigenvalue weighted by molar-refractivity contribution is 0.473. The molecule has 2 aromatic rings. The molecule has 3 nitrogen and oxygen atoms in total. The molecule has 0 bridgehead atoms. The minimum atomic E-state index is -0.0305. The average molecular weight is 280 g/mol. The summed E-state index contributed by atoms with van der Waals surface area (Å²) in [5, 5.41) is 5.17. The van der Waals surface area contributed by atoms with Crippen molar-refractivity contribution in [3.05, 3.63) is 28.7 Å². The lowest BCUT2D eigenvalue weighted by Gasteiger charge is -2.19. The molecule has 2 heterocycles. The van der Waals surface area contributed by atoms with Gasteiger partial charge in [0.25, 0.3) is 0 Å². The molecule has 0 aliphatic rings. The molecular weight excluding hydrogens is 258 g/mol. The first-order chi connectivity index (χ1) is 8.65. The summed E-state index contributed by atoms with van der Waals surface area (Å²) >= 11 is 6.34. The SMILES string of the molecule is CCC(C)(C)c1nc2cc(C(C)(C)C)cc(Cl)n2n1. The Labute approximate surface area is 120 Å². The van der Waals surface area contributed by atoms with Crippen LogP contribution in [0.2, 0.25) is 5.15 Å². The van der Waals surface area contributed by atoms with E-state index in [4.69, 9.17) is 11.6 Å². The Hall–Kier alpha value is -1.09. The average Bonchev–Trinajstić information content (AvgIpc) is 2.73. The number of nitrogens with zero attached hydrogens (tertiary/aromatic N) is 3. The normalized spacial score (nSPS) is 13.2. The topological polar surface area (TPSA) is 30.2 Å². The summed E-state index contributed by atoms with van der Waals surface area (Å²) in [4.78, 5) is 4.66. The molecule has 0 aromatic carbocycles. The number of fused-ring (bicyclic) bond motifs is 1. The molecule has 0 N–H and O–H groups in total. The van der Waals surface area contributed by atoms with Crippen molar-refractivity contribution in [1.82, 2.24) is 14.6 Å². The molecule has 0 unspecified atom stereocenters. The van der Waals surface area contributed by atoms with Gasteiger partial charge in [-0.05, 0) is 29.5 Å². The van der Waals surface area contributed by atoms with Gasteiger partial charge in [0, 0.05) is 5.41 Å². The Morgan fingerprint density at radius 3 is 2.32 bits per heavy atom. The summed E-state index contributed by atoms with van der Waals surface area (Å²) < 4.78 is 1.73. The van der Waals surface area contributed by atoms with Crippen LogP contribution in [0.15, 0.2) is 12.1 Å². The second-order valence-electron chi connectivity index (χ2n) is 6.76. The van der Waals surface area contributed by atoms with Crippen LogP contribution in [0.3, 0.4) is 0 Å². The molecule has 0 fully saturated rings. The Morgan fingerprint density at radius 1 is 1.16 bits per heavy atom. The minimum absolute atomic E-state index is 0.0305. The zero-order valence-corrected chi connectivity index (χ0v) is 13.3. The smallest absolute Gasteiger partial charge is 0.157 e. The van der Waals surface area contributed by atoms with E-state index >= 15 is 0 Å². The maximum Gasteiger partial charge on any atom is 0.157 e. The van der Waals surface area contributed by atoms with Crippen molar-refractivity contribution in [1.29, 1.82) is 0 Å². The van der Waals surface area contributed by atoms with E-state index in [-0.39, 0.29) is 10.8 Å². The largest absolute Gasteiger partial charge is 0.211 e. The first-order valence-electron chi connectivity index (χ1n) is 6.72. The van der Waals surface area contributed by atoms with Crippen molar-refractivity contribution in [2.45, 2.75) is 58.8 Å². The van der Waals surface area contributed by atoms with E-state index in [1.54, 1.807) is 4.52 Å². The van der Waals surface area contributed by atoms with Gasteiger partial charge in [0.05, 0.1) is 0 Å². The molecule has 0 aliphatic carbocycles. The third kappa shape index (κ3) is 2.62. The van der Waals surface area contributed by atoms with Crippen LogP contribution in [-0.2, 0) is 10.8 Å². The standard InChI is InChI=1S/C15H22ClN3/c1-7-15(5,6)13-17-12-9-10(14(2,3)4)8-11(16)19(12)18-13/h8-9H,7H2,1-6H3. The third-order valence-electron chi connectivity index (χ3n) is 3.75. The van der Waals surface area contributed by atoms with Gasteiger partial charge in [-0.3, -0.25) is 0 Å². The molecule has 0 amide bonds. The zero-order valence-electron chi connectivity index (χ0n) is 12.6. The highest BCUT2D eigenvalue weighted by Gasteiger charge is 2.25. The maximum absolute atomic E-state index is 6.34. The predicted octanol–water partition coefficient (Wildman–Crippen LogP) is 4.37. The fourth-order valence-corrected chi connectivity index (χ4v) is 2.06. The van der Waals surface area contributed by atoms with Crippen LogP contribution in [0.1, 0.15) is 59.4 Å². The van der Waals surface area contributed by atoms with E-state index in [1.807, 2.05) is 6.07 Å². The summed E-state index contributed by atoms with van der Waals surface area (Å²) in [6.45, 7) is 13.0. The lowest BCUT2D eigenvalue weighted by Crippen LogP contribution is -2.17. The molecule has 4 heteroatoms. The Kier molecular flexibility index (Phi) is 3.38. The van der Waals surface area contributed by atoms with Gasteiger partial charge in [-0.1, -0.05) is 53.1 Å². The second kappa shape index (κ2) is 4.48. The van der Waals surface area contributed by atoms with Crippen LogP contribution in [0.25, 0.3) is 5.65 Å². The molecule has 104 valence electrons. The summed E-state index contributed by atoms with van der Waals surface area (Å²) in [6, 6.07) is 4.06. The van der Waals surface area contributed by atoms with Gasteiger partial charge in [-0.2, -0.15) is 0 Å². The lowest BCUT2D eigenvalue weighted by atomic mass is 9.88. The quantitative estimate of drug-likeness (QED) is 0.764. The summed E-state index contributed by atoms with van der Waals surface area (Å²) in [7, 11) is 0. The van der Waals surface area contributed by atoms with Crippen molar-refractivity contribution in [2.24, 2.45) is 0 Å². The van der Waals surface area contributed by atoms with Crippen LogP contribution in [0.4, 0.5) is 0 Å². The highest BCUT2D eigenvalue weighted by molar-refractivity contribution is 6.29. The Morgan fingerprint density at radius 2 is 1.79 bits per heavy atom. The van der Waals surface area contributed by atoms with E-state index in [1.165, 1.54) is 5.56 Å². The molecule has 0 aliphatic heterocycles. The van der Waals surface area contributed by atoms with E-state index in [9.17, 15) is 0 Å². The minimum Gasteiger partial charge on any atom is -0.211 e. The zero-order chi connectivity index (χ0) is 14.4. The predicted molar refractivity (Wildman–Crippen MR) is 80.0 cm³/mol. The molecule has 0 saturated carbocycles. The number of aromatic nitrogens is 3. The summed E-state index contributed by atoms with van der Waals surface area (Å²) in [5.41, 5.74) is 2.03. The van der Waals surface area contributed by atoms with Crippen molar-refractivity contribution in [3.63, 3.8) is 0 Å². The molecule has 0 atom stereocenters. The number of pyridine rings is 1. The molecular formula is C15H22ClN3. The van der Waals surface area contributed by atoms with Crippen molar-refractivity contribution >= 4 is 17.2 Å². The Balaban J connectivity index is 2.64. The van der Waals surface area contributed by atoms with E-state index in [0.29, 0.717) is 5.15 Å². The van der Waals surface area contributed by atoms with Gasteiger partial charge < -0.3 is 0 Å². The highest BCUT2D eigenvalue weighted by Crippen LogP contribution is 2.29. The number of rotatable bonds is 2. The van der Waals surface area contributed by atoms with E-state index in [2.05, 4.69) is 57.7 Å². The fourth-order valence-electron chi connectivity index (χ4n) is 1.82. The fraction of sp³-hybridized carbons (Fsp3) is 0.600. The van der Waals surface area contributed by atoms with Gasteiger partial charge >= 0.3 is 0 Å². The number of hydrogen-bond acceptors (Lipinski definition) is 2. The van der Waals surface area contributed by atoms with Crippen LogP contribution in [-0.4, -0.2) is 14.6 Å². The molecule has 0 radical (unpaired) electrons. The van der Waals surface area contributed by atoms with Crippen LogP contribution >= 0.6 is 11.6 Å². The monoisotopic (exact) mass is 279 g/mol. The van der Waals surface area contributed by atoms with E-state index < -0.39 is 0 Å². The first kappa shape index (κ1) is 14.3. The van der Waals surface area contributed by atoms with Gasteiger partial charge in [0.2, 0.25) is 0 Å². The first-order valence-corrected chi connectivity index (χ1v) is 7.10. The third-order valence-corrected chi connectivity index (χ3v) is 4.02. The van der Waals surface area contributed by atoms with Crippen molar-refractivity contribution in [3.8, 4) is 0 Å². The summed E-state index contributed by atoms with van der Waals surface area (Å²) in [5.74, 6) is 0.850.